The summed E-state index contributed by atoms with van der Waals surface area (Å²) >= 11 is 5.79. The third-order valence-electron chi connectivity index (χ3n) is 3.20. The van der Waals surface area contributed by atoms with Crippen molar-refractivity contribution in [3.05, 3.63) is 71.0 Å². The molecule has 3 nitrogen and oxygen atoms in total. The largest absolute Gasteiger partial charge is 0.492 e. The second-order valence-electron chi connectivity index (χ2n) is 4.92. The maximum Gasteiger partial charge on any atom is 0.246 e. The minimum absolute atomic E-state index is 0.215. The van der Waals surface area contributed by atoms with Gasteiger partial charge in [-0.25, -0.2) is 4.39 Å². The average molecular weight is 334 g/mol. The minimum Gasteiger partial charge on any atom is -0.492 e. The maximum atomic E-state index is 13.5. The highest BCUT2D eigenvalue weighted by Gasteiger charge is 2.05. The van der Waals surface area contributed by atoms with E-state index in [0.717, 1.165) is 0 Å². The van der Waals surface area contributed by atoms with Crippen molar-refractivity contribution in [1.29, 1.82) is 0 Å². The van der Waals surface area contributed by atoms with Gasteiger partial charge in [0.2, 0.25) is 5.91 Å². The van der Waals surface area contributed by atoms with Crippen molar-refractivity contribution in [2.24, 2.45) is 0 Å². The Labute approximate surface area is 139 Å². The van der Waals surface area contributed by atoms with E-state index in [9.17, 15) is 9.18 Å². The summed E-state index contributed by atoms with van der Waals surface area (Å²) in [7, 11) is 1.67. The molecule has 120 valence electrons. The molecular formula is C18H17ClFNO2. The molecule has 0 saturated carbocycles. The zero-order chi connectivity index (χ0) is 16.7. The summed E-state index contributed by atoms with van der Waals surface area (Å²) in [5.41, 5.74) is 0.381. The Balaban J connectivity index is 1.81. The van der Waals surface area contributed by atoms with Crippen LogP contribution in [0.5, 0.6) is 5.75 Å². The molecule has 0 N–H and O–H groups in total. The minimum atomic E-state index is -0.356. The Kier molecular flexibility index (Phi) is 6.18. The van der Waals surface area contributed by atoms with Gasteiger partial charge in [0.05, 0.1) is 6.54 Å². The Hall–Kier alpha value is -2.33. The van der Waals surface area contributed by atoms with Crippen LogP contribution >= 0.6 is 11.6 Å². The highest BCUT2D eigenvalue weighted by atomic mass is 35.5. The van der Waals surface area contributed by atoms with Crippen LogP contribution < -0.4 is 4.74 Å². The third-order valence-corrected chi connectivity index (χ3v) is 3.45. The number of likely N-dealkylation sites (N-methyl/N-ethyl adjacent to an activating group) is 1. The van der Waals surface area contributed by atoms with E-state index < -0.39 is 0 Å². The molecule has 1 amide bonds. The first-order valence-electron chi connectivity index (χ1n) is 7.12. The van der Waals surface area contributed by atoms with Crippen molar-refractivity contribution in [3.63, 3.8) is 0 Å². The number of hydrogen-bond donors (Lipinski definition) is 0. The smallest absolute Gasteiger partial charge is 0.246 e. The number of benzene rings is 2. The van der Waals surface area contributed by atoms with E-state index in [4.69, 9.17) is 16.3 Å². The molecule has 5 heteroatoms. The first kappa shape index (κ1) is 17.0. The van der Waals surface area contributed by atoms with Crippen molar-refractivity contribution in [2.75, 3.05) is 20.2 Å². The fraction of sp³-hybridized carbons (Fsp3) is 0.167. The SMILES string of the molecule is CN(CCOc1ccc(Cl)cc1)C(=O)/C=C/c1ccccc1F. The number of amides is 1. The number of hydrogen-bond acceptors (Lipinski definition) is 2. The van der Waals surface area contributed by atoms with Crippen LogP contribution in [0.15, 0.2) is 54.6 Å². The van der Waals surface area contributed by atoms with Crippen molar-refractivity contribution in [3.8, 4) is 5.75 Å². The molecule has 0 saturated heterocycles. The predicted molar refractivity (Wildman–Crippen MR) is 90.0 cm³/mol. The number of nitrogens with zero attached hydrogens (tertiary/aromatic N) is 1. The van der Waals surface area contributed by atoms with Gasteiger partial charge in [-0.2, -0.15) is 0 Å². The molecular weight excluding hydrogens is 317 g/mol. The van der Waals surface area contributed by atoms with E-state index in [1.165, 1.54) is 23.1 Å². The van der Waals surface area contributed by atoms with Gasteiger partial charge >= 0.3 is 0 Å². The fourth-order valence-electron chi connectivity index (χ4n) is 1.84. The van der Waals surface area contributed by atoms with E-state index in [1.54, 1.807) is 49.5 Å². The summed E-state index contributed by atoms with van der Waals surface area (Å²) < 4.78 is 19.0. The van der Waals surface area contributed by atoms with E-state index in [2.05, 4.69) is 0 Å². The van der Waals surface area contributed by atoms with Gasteiger partial charge in [-0.15, -0.1) is 0 Å². The summed E-state index contributed by atoms with van der Waals surface area (Å²) in [6, 6.07) is 13.3. The molecule has 0 aliphatic carbocycles. The van der Waals surface area contributed by atoms with Gasteiger partial charge in [-0.3, -0.25) is 4.79 Å². The highest BCUT2D eigenvalue weighted by molar-refractivity contribution is 6.30. The monoisotopic (exact) mass is 333 g/mol. The van der Waals surface area contributed by atoms with E-state index in [0.29, 0.717) is 29.5 Å². The molecule has 0 radical (unpaired) electrons. The third kappa shape index (κ3) is 5.42. The van der Waals surface area contributed by atoms with Crippen LogP contribution in [0.1, 0.15) is 5.56 Å². The van der Waals surface area contributed by atoms with Crippen LogP contribution in [0.2, 0.25) is 5.02 Å². The molecule has 0 unspecified atom stereocenters. The number of carbonyl (C=O) groups excluding carboxylic acids is 1. The summed E-state index contributed by atoms with van der Waals surface area (Å²) in [5, 5.41) is 0.642. The highest BCUT2D eigenvalue weighted by Crippen LogP contribution is 2.15. The molecule has 2 aromatic rings. The topological polar surface area (TPSA) is 29.5 Å². The quantitative estimate of drug-likeness (QED) is 0.747. The average Bonchev–Trinajstić information content (AvgIpc) is 2.55. The van der Waals surface area contributed by atoms with Gasteiger partial charge in [0, 0.05) is 23.7 Å². The molecule has 2 rings (SSSR count). The molecule has 0 aromatic heterocycles. The molecule has 0 heterocycles. The standard InChI is InChI=1S/C18H17ClFNO2/c1-21(12-13-23-16-9-7-15(19)8-10-16)18(22)11-6-14-4-2-3-5-17(14)20/h2-11H,12-13H2,1H3/b11-6+. The van der Waals surface area contributed by atoms with Crippen LogP contribution in [0.3, 0.4) is 0 Å². The Morgan fingerprint density at radius 2 is 1.91 bits per heavy atom. The molecule has 0 fully saturated rings. The predicted octanol–water partition coefficient (Wildman–Crippen LogP) is 4.03. The first-order valence-corrected chi connectivity index (χ1v) is 7.50. The summed E-state index contributed by atoms with van der Waals surface area (Å²) in [4.78, 5) is 13.5. The summed E-state index contributed by atoms with van der Waals surface area (Å²) in [6.07, 6.45) is 2.81. The number of ether oxygens (including phenoxy) is 1. The Bertz CT molecular complexity index is 686. The van der Waals surface area contributed by atoms with Crippen LogP contribution in [0.25, 0.3) is 6.08 Å². The van der Waals surface area contributed by atoms with Crippen molar-refractivity contribution in [1.82, 2.24) is 4.90 Å². The molecule has 0 aliphatic heterocycles. The second kappa shape index (κ2) is 8.34. The lowest BCUT2D eigenvalue weighted by molar-refractivity contribution is -0.125. The molecule has 0 atom stereocenters. The lowest BCUT2D eigenvalue weighted by Gasteiger charge is -2.15. The second-order valence-corrected chi connectivity index (χ2v) is 5.35. The van der Waals surface area contributed by atoms with Crippen LogP contribution in [-0.2, 0) is 4.79 Å². The first-order chi connectivity index (χ1) is 11.1. The van der Waals surface area contributed by atoms with Crippen LogP contribution in [0.4, 0.5) is 4.39 Å². The van der Waals surface area contributed by atoms with Crippen molar-refractivity contribution >= 4 is 23.6 Å². The van der Waals surface area contributed by atoms with Gasteiger partial charge in [-0.1, -0.05) is 29.8 Å². The zero-order valence-electron chi connectivity index (χ0n) is 12.7. The van der Waals surface area contributed by atoms with E-state index in [1.807, 2.05) is 0 Å². The van der Waals surface area contributed by atoms with Gasteiger partial charge in [0.1, 0.15) is 18.2 Å². The van der Waals surface area contributed by atoms with Gasteiger partial charge in [0.25, 0.3) is 0 Å². The number of halogens is 2. The molecule has 0 aliphatic rings. The van der Waals surface area contributed by atoms with Gasteiger partial charge < -0.3 is 9.64 Å². The van der Waals surface area contributed by atoms with Crippen molar-refractivity contribution < 1.29 is 13.9 Å². The number of carbonyl (C=O) groups is 1. The Morgan fingerprint density at radius 3 is 2.61 bits per heavy atom. The molecule has 2 aromatic carbocycles. The van der Waals surface area contributed by atoms with E-state index in [-0.39, 0.29) is 11.7 Å². The molecule has 23 heavy (non-hydrogen) atoms. The number of rotatable bonds is 6. The van der Waals surface area contributed by atoms with Gasteiger partial charge in [0.15, 0.2) is 0 Å². The van der Waals surface area contributed by atoms with Crippen LogP contribution in [0, 0.1) is 5.82 Å². The summed E-state index contributed by atoms with van der Waals surface area (Å²) in [6.45, 7) is 0.778. The lowest BCUT2D eigenvalue weighted by atomic mass is 10.2. The molecule has 0 bridgehead atoms. The fourth-order valence-corrected chi connectivity index (χ4v) is 1.97. The zero-order valence-corrected chi connectivity index (χ0v) is 13.5. The van der Waals surface area contributed by atoms with Gasteiger partial charge in [-0.05, 0) is 36.4 Å². The summed E-state index contributed by atoms with van der Waals surface area (Å²) in [5.74, 6) is 0.121. The van der Waals surface area contributed by atoms with Crippen molar-refractivity contribution in [2.45, 2.75) is 0 Å². The maximum absolute atomic E-state index is 13.5. The Morgan fingerprint density at radius 1 is 1.22 bits per heavy atom. The van der Waals surface area contributed by atoms with E-state index >= 15 is 0 Å². The molecule has 0 spiro atoms. The van der Waals surface area contributed by atoms with Crippen LogP contribution in [-0.4, -0.2) is 31.0 Å². The normalized spacial score (nSPS) is 10.7. The lowest BCUT2D eigenvalue weighted by Crippen LogP contribution is -2.29.